The van der Waals surface area contributed by atoms with Crippen LogP contribution in [-0.4, -0.2) is 54.8 Å². The number of amides is 1. The lowest BCUT2D eigenvalue weighted by atomic mass is 10.1. The van der Waals surface area contributed by atoms with Gasteiger partial charge in [0.05, 0.1) is 38.0 Å². The van der Waals surface area contributed by atoms with E-state index in [2.05, 4.69) is 5.32 Å². The van der Waals surface area contributed by atoms with Crippen LogP contribution in [0, 0.1) is 0 Å². The van der Waals surface area contributed by atoms with Gasteiger partial charge in [-0.25, -0.2) is 8.42 Å². The van der Waals surface area contributed by atoms with Gasteiger partial charge < -0.3 is 24.3 Å². The maximum absolute atomic E-state index is 13.7. The number of anilines is 1. The first-order valence-electron chi connectivity index (χ1n) is 12.8. The van der Waals surface area contributed by atoms with Crippen molar-refractivity contribution in [2.24, 2.45) is 0 Å². The molecule has 0 aliphatic rings. The Balaban J connectivity index is 1.74. The van der Waals surface area contributed by atoms with Crippen molar-refractivity contribution in [1.29, 1.82) is 0 Å². The number of benzene rings is 3. The molecule has 1 amide bonds. The van der Waals surface area contributed by atoms with Gasteiger partial charge in [-0.05, 0) is 80.8 Å². The molecule has 0 unspecified atom stereocenters. The van der Waals surface area contributed by atoms with Gasteiger partial charge in [-0.2, -0.15) is 0 Å². The summed E-state index contributed by atoms with van der Waals surface area (Å²) in [4.78, 5) is 12.9. The average Bonchev–Trinajstić information content (AvgIpc) is 2.95. The molecule has 0 spiro atoms. The van der Waals surface area contributed by atoms with Crippen LogP contribution in [0.4, 0.5) is 5.69 Å². The molecule has 3 rings (SSSR count). The highest BCUT2D eigenvalue weighted by atomic mass is 32.2. The smallest absolute Gasteiger partial charge is 0.264 e. The Kier molecular flexibility index (Phi) is 10.9. The predicted octanol–water partition coefficient (Wildman–Crippen LogP) is 4.45. The third-order valence-electron chi connectivity index (χ3n) is 5.86. The largest absolute Gasteiger partial charge is 0.494 e. The molecular formula is C29H36N2O7S. The highest BCUT2D eigenvalue weighted by Crippen LogP contribution is 2.32. The van der Waals surface area contributed by atoms with Crippen molar-refractivity contribution < 1.29 is 32.2 Å². The summed E-state index contributed by atoms with van der Waals surface area (Å²) >= 11 is 0. The molecule has 3 aromatic carbocycles. The Morgan fingerprint density at radius 3 is 1.97 bits per heavy atom. The summed E-state index contributed by atoms with van der Waals surface area (Å²) in [7, 11) is -1.23. The molecule has 39 heavy (non-hydrogen) atoms. The van der Waals surface area contributed by atoms with E-state index in [1.54, 1.807) is 24.3 Å². The lowest BCUT2D eigenvalue weighted by molar-refractivity contribution is -0.119. The number of methoxy groups -OCH3 is 2. The fourth-order valence-corrected chi connectivity index (χ4v) is 5.36. The fraction of sp³-hybridized carbons (Fsp3) is 0.345. The molecule has 10 heteroatoms. The maximum Gasteiger partial charge on any atom is 0.264 e. The fourth-order valence-electron chi connectivity index (χ4n) is 3.92. The molecule has 0 aliphatic heterocycles. The summed E-state index contributed by atoms with van der Waals surface area (Å²) in [5.41, 5.74) is 1.46. The van der Waals surface area contributed by atoms with E-state index in [1.807, 2.05) is 38.1 Å². The Labute approximate surface area is 230 Å². The van der Waals surface area contributed by atoms with Gasteiger partial charge in [0.15, 0.2) is 11.5 Å². The van der Waals surface area contributed by atoms with E-state index in [9.17, 15) is 13.2 Å². The molecule has 0 saturated heterocycles. The van der Waals surface area contributed by atoms with E-state index >= 15 is 0 Å². The molecule has 0 radical (unpaired) electrons. The summed E-state index contributed by atoms with van der Waals surface area (Å²) < 4.78 is 50.0. The van der Waals surface area contributed by atoms with Crippen molar-refractivity contribution in [3.63, 3.8) is 0 Å². The summed E-state index contributed by atoms with van der Waals surface area (Å²) in [6.45, 7) is 4.90. The van der Waals surface area contributed by atoms with Crippen molar-refractivity contribution in [2.75, 3.05) is 44.8 Å². The zero-order chi connectivity index (χ0) is 28.3. The summed E-state index contributed by atoms with van der Waals surface area (Å²) in [5, 5.41) is 2.84. The topological polar surface area (TPSA) is 103 Å². The van der Waals surface area contributed by atoms with Gasteiger partial charge in [-0.1, -0.05) is 12.1 Å². The predicted molar refractivity (Wildman–Crippen MR) is 151 cm³/mol. The number of hydrogen-bond acceptors (Lipinski definition) is 7. The minimum Gasteiger partial charge on any atom is -0.494 e. The van der Waals surface area contributed by atoms with E-state index in [0.717, 1.165) is 22.0 Å². The number of nitrogens with zero attached hydrogens (tertiary/aromatic N) is 1. The normalized spacial score (nSPS) is 11.0. The maximum atomic E-state index is 13.7. The third kappa shape index (κ3) is 8.03. The standard InChI is InChI=1S/C29H36N2O7S/c1-5-37-24-13-9-22(10-14-24)8-7-19-30-29(32)21-31(23-11-15-25(16-12-23)38-6-2)39(33,34)26-17-18-27(35-3)28(20-26)36-4/h9-18,20H,5-8,19,21H2,1-4H3,(H,30,32). The van der Waals surface area contributed by atoms with Gasteiger partial charge >= 0.3 is 0 Å². The van der Waals surface area contributed by atoms with Crippen LogP contribution >= 0.6 is 0 Å². The van der Waals surface area contributed by atoms with E-state index in [1.165, 1.54) is 32.4 Å². The van der Waals surface area contributed by atoms with Crippen molar-refractivity contribution in [1.82, 2.24) is 5.32 Å². The second kappa shape index (κ2) is 14.3. The summed E-state index contributed by atoms with van der Waals surface area (Å²) in [6.07, 6.45) is 1.46. The minimum absolute atomic E-state index is 0.0302. The number of sulfonamides is 1. The van der Waals surface area contributed by atoms with E-state index < -0.39 is 22.5 Å². The molecular weight excluding hydrogens is 520 g/mol. The Morgan fingerprint density at radius 2 is 1.41 bits per heavy atom. The first-order valence-corrected chi connectivity index (χ1v) is 14.2. The highest BCUT2D eigenvalue weighted by Gasteiger charge is 2.28. The van der Waals surface area contributed by atoms with Crippen LogP contribution in [0.15, 0.2) is 71.6 Å². The first kappa shape index (κ1) is 29.6. The number of ether oxygens (including phenoxy) is 4. The number of carbonyl (C=O) groups is 1. The lowest BCUT2D eigenvalue weighted by Crippen LogP contribution is -2.41. The molecule has 0 atom stereocenters. The van der Waals surface area contributed by atoms with Gasteiger partial charge in [0, 0.05) is 12.6 Å². The van der Waals surface area contributed by atoms with Crippen molar-refractivity contribution >= 4 is 21.6 Å². The van der Waals surface area contributed by atoms with Crippen molar-refractivity contribution in [2.45, 2.75) is 31.6 Å². The summed E-state index contributed by atoms with van der Waals surface area (Å²) in [6, 6.07) is 18.7. The second-order valence-corrected chi connectivity index (χ2v) is 10.3. The quantitative estimate of drug-likeness (QED) is 0.276. The van der Waals surface area contributed by atoms with Gasteiger partial charge in [0.2, 0.25) is 5.91 Å². The van der Waals surface area contributed by atoms with Crippen LogP contribution in [0.3, 0.4) is 0 Å². The molecule has 9 nitrogen and oxygen atoms in total. The highest BCUT2D eigenvalue weighted by molar-refractivity contribution is 7.92. The number of aryl methyl sites for hydroxylation is 1. The molecule has 0 heterocycles. The zero-order valence-electron chi connectivity index (χ0n) is 22.8. The average molecular weight is 557 g/mol. The Hall–Kier alpha value is -3.92. The molecule has 0 aromatic heterocycles. The number of hydrogen-bond donors (Lipinski definition) is 1. The Bertz CT molecular complexity index is 1310. The summed E-state index contributed by atoms with van der Waals surface area (Å²) in [5.74, 6) is 1.67. The van der Waals surface area contributed by atoms with Crippen LogP contribution in [-0.2, 0) is 21.2 Å². The van der Waals surface area contributed by atoms with E-state index in [-0.39, 0.29) is 10.6 Å². The number of rotatable bonds is 15. The van der Waals surface area contributed by atoms with Gasteiger partial charge in [-0.3, -0.25) is 9.10 Å². The molecule has 3 aromatic rings. The molecule has 0 fully saturated rings. The first-order chi connectivity index (χ1) is 18.8. The molecule has 1 N–H and O–H groups in total. The van der Waals surface area contributed by atoms with Gasteiger partial charge in [0.25, 0.3) is 10.0 Å². The van der Waals surface area contributed by atoms with Crippen LogP contribution in [0.1, 0.15) is 25.8 Å². The minimum atomic E-state index is -4.13. The number of carbonyl (C=O) groups excluding carboxylic acids is 1. The molecule has 0 bridgehead atoms. The second-order valence-electron chi connectivity index (χ2n) is 8.49. The van der Waals surface area contributed by atoms with Crippen LogP contribution < -0.4 is 28.6 Å². The van der Waals surface area contributed by atoms with Gasteiger partial charge in [0.1, 0.15) is 18.0 Å². The molecule has 0 saturated carbocycles. The Morgan fingerprint density at radius 1 is 0.821 bits per heavy atom. The van der Waals surface area contributed by atoms with Crippen LogP contribution in [0.2, 0.25) is 0 Å². The van der Waals surface area contributed by atoms with Gasteiger partial charge in [-0.15, -0.1) is 0 Å². The van der Waals surface area contributed by atoms with Crippen molar-refractivity contribution in [3.8, 4) is 23.0 Å². The van der Waals surface area contributed by atoms with Crippen molar-refractivity contribution in [3.05, 3.63) is 72.3 Å². The van der Waals surface area contributed by atoms with E-state index in [0.29, 0.717) is 43.4 Å². The third-order valence-corrected chi connectivity index (χ3v) is 7.63. The monoisotopic (exact) mass is 556 g/mol. The molecule has 210 valence electrons. The molecule has 0 aliphatic carbocycles. The number of nitrogens with one attached hydrogen (secondary N) is 1. The lowest BCUT2D eigenvalue weighted by Gasteiger charge is -2.24. The van der Waals surface area contributed by atoms with E-state index in [4.69, 9.17) is 18.9 Å². The zero-order valence-corrected chi connectivity index (χ0v) is 23.6. The van der Waals surface area contributed by atoms with Crippen LogP contribution in [0.25, 0.3) is 0 Å². The SMILES string of the molecule is CCOc1ccc(CCCNC(=O)CN(c2ccc(OCC)cc2)S(=O)(=O)c2ccc(OC)c(OC)c2)cc1. The van der Waals surface area contributed by atoms with Crippen LogP contribution in [0.5, 0.6) is 23.0 Å².